The van der Waals surface area contributed by atoms with Gasteiger partial charge in [0.2, 0.25) is 0 Å². The van der Waals surface area contributed by atoms with Gasteiger partial charge in [0.05, 0.1) is 0 Å². The summed E-state index contributed by atoms with van der Waals surface area (Å²) in [6, 6.07) is 5.41. The van der Waals surface area contributed by atoms with Crippen LogP contribution in [0.5, 0.6) is 0 Å². The summed E-state index contributed by atoms with van der Waals surface area (Å²) in [7, 11) is 1.81. The second-order valence-corrected chi connectivity index (χ2v) is 3.84. The minimum absolute atomic E-state index is 0.509. The largest absolute Gasteiger partial charge is 0.480 e. The van der Waals surface area contributed by atoms with E-state index in [0.29, 0.717) is 0 Å². The van der Waals surface area contributed by atoms with Crippen LogP contribution in [0.4, 0.5) is 5.69 Å². The monoisotopic (exact) mass is 207 g/mol. The van der Waals surface area contributed by atoms with Gasteiger partial charge < -0.3 is 10.0 Å². The van der Waals surface area contributed by atoms with Crippen molar-refractivity contribution in [2.24, 2.45) is 0 Å². The number of hydrogen-bond donors (Lipinski definition) is 1. The van der Waals surface area contributed by atoms with Crippen molar-refractivity contribution >= 4 is 11.7 Å². The van der Waals surface area contributed by atoms with Crippen molar-refractivity contribution in [2.75, 3.05) is 11.9 Å². The predicted octanol–water partition coefficient (Wildman–Crippen LogP) is 2.21. The molecule has 1 aromatic rings. The van der Waals surface area contributed by atoms with Gasteiger partial charge in [-0.15, -0.1) is 0 Å². The summed E-state index contributed by atoms with van der Waals surface area (Å²) in [5.41, 5.74) is 3.29. The normalized spacial score (nSPS) is 12.3. The smallest absolute Gasteiger partial charge is 0.326 e. The molecule has 0 fully saturated rings. The van der Waals surface area contributed by atoms with Crippen LogP contribution >= 0.6 is 0 Å². The Labute approximate surface area is 90.3 Å². The van der Waals surface area contributed by atoms with Gasteiger partial charge in [0.25, 0.3) is 0 Å². The van der Waals surface area contributed by atoms with Crippen LogP contribution in [0.3, 0.4) is 0 Å². The van der Waals surface area contributed by atoms with Crippen molar-refractivity contribution in [1.82, 2.24) is 0 Å². The molecule has 1 aromatic carbocycles. The highest BCUT2D eigenvalue weighted by atomic mass is 16.4. The number of anilines is 1. The first-order valence-electron chi connectivity index (χ1n) is 4.97. The van der Waals surface area contributed by atoms with Crippen molar-refractivity contribution in [1.29, 1.82) is 0 Å². The zero-order chi connectivity index (χ0) is 11.6. The van der Waals surface area contributed by atoms with Crippen molar-refractivity contribution in [2.45, 2.75) is 26.8 Å². The highest BCUT2D eigenvalue weighted by molar-refractivity contribution is 5.78. The molecule has 0 radical (unpaired) electrons. The van der Waals surface area contributed by atoms with E-state index in [2.05, 4.69) is 0 Å². The van der Waals surface area contributed by atoms with E-state index in [1.54, 1.807) is 18.9 Å². The molecule has 15 heavy (non-hydrogen) atoms. The second-order valence-electron chi connectivity index (χ2n) is 3.84. The molecule has 1 atom stereocenters. The molecule has 0 spiro atoms. The SMILES string of the molecule is Cc1cccc(N(C)[C@H](C)C(=O)O)c1C. The third kappa shape index (κ3) is 2.29. The summed E-state index contributed by atoms with van der Waals surface area (Å²) in [4.78, 5) is 12.7. The first-order chi connectivity index (χ1) is 6.95. The van der Waals surface area contributed by atoms with E-state index in [1.807, 2.05) is 32.0 Å². The van der Waals surface area contributed by atoms with E-state index in [9.17, 15) is 4.79 Å². The van der Waals surface area contributed by atoms with Crippen LogP contribution < -0.4 is 4.90 Å². The molecule has 0 unspecified atom stereocenters. The second kappa shape index (κ2) is 4.34. The van der Waals surface area contributed by atoms with Gasteiger partial charge >= 0.3 is 5.97 Å². The Morgan fingerprint density at radius 3 is 2.53 bits per heavy atom. The maximum Gasteiger partial charge on any atom is 0.326 e. The molecule has 0 aromatic heterocycles. The van der Waals surface area contributed by atoms with Crippen molar-refractivity contribution in [3.8, 4) is 0 Å². The fraction of sp³-hybridized carbons (Fsp3) is 0.417. The number of benzene rings is 1. The molecule has 0 aliphatic carbocycles. The van der Waals surface area contributed by atoms with Crippen LogP contribution in [0.1, 0.15) is 18.1 Å². The zero-order valence-electron chi connectivity index (χ0n) is 9.61. The first-order valence-corrected chi connectivity index (χ1v) is 4.97. The average Bonchev–Trinajstić information content (AvgIpc) is 2.20. The van der Waals surface area contributed by atoms with E-state index in [0.717, 1.165) is 11.3 Å². The number of aryl methyl sites for hydroxylation is 1. The summed E-state index contributed by atoms with van der Waals surface area (Å²) < 4.78 is 0. The Kier molecular flexibility index (Phi) is 3.35. The van der Waals surface area contributed by atoms with Crippen LogP contribution in [-0.4, -0.2) is 24.2 Å². The molecule has 0 amide bonds. The van der Waals surface area contributed by atoms with Crippen LogP contribution in [-0.2, 0) is 4.79 Å². The Bertz CT molecular complexity index is 374. The molecular weight excluding hydrogens is 190 g/mol. The fourth-order valence-corrected chi connectivity index (χ4v) is 1.49. The van der Waals surface area contributed by atoms with Gasteiger partial charge in [0.1, 0.15) is 6.04 Å². The first kappa shape index (κ1) is 11.6. The standard InChI is InChI=1S/C12H17NO2/c1-8-6-5-7-11(9(8)2)13(4)10(3)12(14)15/h5-7,10H,1-4H3,(H,14,15)/t10-/m1/s1. The summed E-state index contributed by atoms with van der Waals surface area (Å²) in [5.74, 6) is -0.807. The molecular formula is C12H17NO2. The van der Waals surface area contributed by atoms with Gasteiger partial charge in [0.15, 0.2) is 0 Å². The van der Waals surface area contributed by atoms with Crippen LogP contribution in [0, 0.1) is 13.8 Å². The molecule has 3 heteroatoms. The predicted molar refractivity (Wildman–Crippen MR) is 61.4 cm³/mol. The van der Waals surface area contributed by atoms with Crippen molar-refractivity contribution in [3.05, 3.63) is 29.3 Å². The van der Waals surface area contributed by atoms with Crippen LogP contribution in [0.2, 0.25) is 0 Å². The number of aliphatic carboxylic acids is 1. The van der Waals surface area contributed by atoms with Gasteiger partial charge in [-0.3, -0.25) is 0 Å². The Morgan fingerprint density at radius 2 is 2.00 bits per heavy atom. The third-order valence-electron chi connectivity index (χ3n) is 2.89. The van der Waals surface area contributed by atoms with Crippen molar-refractivity contribution < 1.29 is 9.90 Å². The molecule has 0 heterocycles. The number of rotatable bonds is 3. The number of carboxylic acid groups (broad SMARTS) is 1. The maximum atomic E-state index is 10.9. The average molecular weight is 207 g/mol. The Morgan fingerprint density at radius 1 is 1.40 bits per heavy atom. The lowest BCUT2D eigenvalue weighted by Gasteiger charge is -2.26. The molecule has 1 N–H and O–H groups in total. The van der Waals surface area contributed by atoms with Gasteiger partial charge in [0, 0.05) is 12.7 Å². The number of hydrogen-bond acceptors (Lipinski definition) is 2. The van der Waals surface area contributed by atoms with Gasteiger partial charge in [-0.25, -0.2) is 4.79 Å². The number of carboxylic acids is 1. The summed E-state index contributed by atoms with van der Waals surface area (Å²) >= 11 is 0. The lowest BCUT2D eigenvalue weighted by atomic mass is 10.1. The lowest BCUT2D eigenvalue weighted by Crippen LogP contribution is -2.36. The number of carbonyl (C=O) groups is 1. The zero-order valence-corrected chi connectivity index (χ0v) is 9.61. The Balaban J connectivity index is 3.06. The quantitative estimate of drug-likeness (QED) is 0.826. The van der Waals surface area contributed by atoms with Crippen LogP contribution in [0.15, 0.2) is 18.2 Å². The van der Waals surface area contributed by atoms with E-state index in [4.69, 9.17) is 5.11 Å². The summed E-state index contributed by atoms with van der Waals surface area (Å²) in [6.07, 6.45) is 0. The molecule has 0 bridgehead atoms. The summed E-state index contributed by atoms with van der Waals surface area (Å²) in [6.45, 7) is 5.72. The molecule has 0 saturated heterocycles. The maximum absolute atomic E-state index is 10.9. The van der Waals surface area contributed by atoms with Crippen LogP contribution in [0.25, 0.3) is 0 Å². The molecule has 0 saturated carbocycles. The minimum atomic E-state index is -0.807. The molecule has 82 valence electrons. The highest BCUT2D eigenvalue weighted by Gasteiger charge is 2.18. The van der Waals surface area contributed by atoms with Gasteiger partial charge in [-0.1, -0.05) is 12.1 Å². The van der Waals surface area contributed by atoms with E-state index in [1.165, 1.54) is 5.56 Å². The molecule has 0 aliphatic heterocycles. The summed E-state index contributed by atoms with van der Waals surface area (Å²) in [5, 5.41) is 8.93. The van der Waals surface area contributed by atoms with Crippen molar-refractivity contribution in [3.63, 3.8) is 0 Å². The topological polar surface area (TPSA) is 40.5 Å². The molecule has 0 aliphatic rings. The Hall–Kier alpha value is -1.51. The van der Waals surface area contributed by atoms with E-state index >= 15 is 0 Å². The van der Waals surface area contributed by atoms with E-state index < -0.39 is 12.0 Å². The molecule has 3 nitrogen and oxygen atoms in total. The highest BCUT2D eigenvalue weighted by Crippen LogP contribution is 2.23. The lowest BCUT2D eigenvalue weighted by molar-refractivity contribution is -0.138. The third-order valence-corrected chi connectivity index (χ3v) is 2.89. The fourth-order valence-electron chi connectivity index (χ4n) is 1.49. The number of likely N-dealkylation sites (N-methyl/N-ethyl adjacent to an activating group) is 1. The van der Waals surface area contributed by atoms with E-state index in [-0.39, 0.29) is 0 Å². The number of nitrogens with zero attached hydrogens (tertiary/aromatic N) is 1. The van der Waals surface area contributed by atoms with Gasteiger partial charge in [-0.2, -0.15) is 0 Å². The van der Waals surface area contributed by atoms with Gasteiger partial charge in [-0.05, 0) is 38.0 Å². The minimum Gasteiger partial charge on any atom is -0.480 e. The molecule has 1 rings (SSSR count).